The molecule has 1 aliphatic carbocycles. The Hall–Kier alpha value is -0.640. The van der Waals surface area contributed by atoms with E-state index in [1.807, 2.05) is 0 Å². The molecule has 0 amide bonds. The molecule has 0 bridgehead atoms. The van der Waals surface area contributed by atoms with Crippen LogP contribution in [0, 0.1) is 11.7 Å². The van der Waals surface area contributed by atoms with Gasteiger partial charge < -0.3 is 5.11 Å². The van der Waals surface area contributed by atoms with Gasteiger partial charge in [0.25, 0.3) is 0 Å². The van der Waals surface area contributed by atoms with Crippen LogP contribution in [-0.4, -0.2) is 28.7 Å². The van der Waals surface area contributed by atoms with Gasteiger partial charge in [0.1, 0.15) is 5.82 Å². The van der Waals surface area contributed by atoms with E-state index in [1.54, 1.807) is 6.07 Å². The Morgan fingerprint density at radius 1 is 1.41 bits per heavy atom. The summed E-state index contributed by atoms with van der Waals surface area (Å²) in [6, 6.07) is 4.48. The molecule has 1 aromatic carbocycles. The molecule has 92 valence electrons. The molecule has 1 saturated carbocycles. The van der Waals surface area contributed by atoms with Crippen molar-refractivity contribution in [2.75, 3.05) is 13.1 Å². The maximum atomic E-state index is 12.9. The Bertz CT molecular complexity index is 441. The van der Waals surface area contributed by atoms with Gasteiger partial charge in [-0.15, -0.1) is 0 Å². The summed E-state index contributed by atoms with van der Waals surface area (Å²) in [5, 5.41) is 10.6. The van der Waals surface area contributed by atoms with Crippen molar-refractivity contribution >= 4 is 11.6 Å². The van der Waals surface area contributed by atoms with Gasteiger partial charge in [0.15, 0.2) is 0 Å². The highest BCUT2D eigenvalue weighted by atomic mass is 35.5. The molecule has 1 heterocycles. The number of β-amino-alcohol motifs (C(OH)–C–C–N with tert-alkyl or cyclic N) is 1. The Morgan fingerprint density at radius 2 is 2.12 bits per heavy atom. The van der Waals surface area contributed by atoms with Crippen LogP contribution in [0.5, 0.6) is 0 Å². The lowest BCUT2D eigenvalue weighted by molar-refractivity contribution is -0.116. The molecule has 0 unspecified atom stereocenters. The number of aliphatic hydroxyl groups is 1. The molecular formula is C13H15ClFNO. The number of benzene rings is 1. The fraction of sp³-hybridized carbons (Fsp3) is 0.538. The lowest BCUT2D eigenvalue weighted by atomic mass is 9.88. The van der Waals surface area contributed by atoms with Gasteiger partial charge in [-0.1, -0.05) is 17.7 Å². The molecule has 0 radical (unpaired) electrons. The fourth-order valence-corrected chi connectivity index (χ4v) is 2.84. The molecule has 1 N–H and O–H groups in total. The molecule has 1 aromatic rings. The lowest BCUT2D eigenvalue weighted by Crippen LogP contribution is -2.62. The number of hydrogen-bond acceptors (Lipinski definition) is 2. The second-order valence-electron chi connectivity index (χ2n) is 5.26. The van der Waals surface area contributed by atoms with Crippen LogP contribution in [0.2, 0.25) is 5.02 Å². The number of nitrogens with zero attached hydrogens (tertiary/aromatic N) is 1. The van der Waals surface area contributed by atoms with Crippen LogP contribution in [0.3, 0.4) is 0 Å². The van der Waals surface area contributed by atoms with Crippen LogP contribution in [0.25, 0.3) is 0 Å². The van der Waals surface area contributed by atoms with Crippen molar-refractivity contribution in [3.63, 3.8) is 0 Å². The zero-order valence-electron chi connectivity index (χ0n) is 9.50. The van der Waals surface area contributed by atoms with Gasteiger partial charge in [0.2, 0.25) is 0 Å². The van der Waals surface area contributed by atoms with Crippen LogP contribution < -0.4 is 0 Å². The Labute approximate surface area is 105 Å². The predicted molar refractivity (Wildman–Crippen MR) is 64.4 cm³/mol. The van der Waals surface area contributed by atoms with E-state index in [9.17, 15) is 9.50 Å². The maximum Gasteiger partial charge on any atom is 0.124 e. The summed E-state index contributed by atoms with van der Waals surface area (Å²) in [7, 11) is 0. The molecule has 4 heteroatoms. The molecule has 1 aliphatic heterocycles. The standard InChI is InChI=1S/C13H15ClFNO/c14-12-5-11(15)4-1-9(12)6-16-7-13(17,8-16)10-2-3-10/h1,4-5,10,17H,2-3,6-8H2. The first kappa shape index (κ1) is 11.5. The maximum absolute atomic E-state index is 12.9. The molecule has 1 saturated heterocycles. The minimum atomic E-state index is -0.466. The minimum Gasteiger partial charge on any atom is -0.387 e. The first-order chi connectivity index (χ1) is 8.07. The van der Waals surface area contributed by atoms with E-state index < -0.39 is 5.60 Å². The fourth-order valence-electron chi connectivity index (χ4n) is 2.61. The summed E-state index contributed by atoms with van der Waals surface area (Å²) in [5.41, 5.74) is 0.456. The predicted octanol–water partition coefficient (Wildman–Crippen LogP) is 2.44. The van der Waals surface area contributed by atoms with Crippen molar-refractivity contribution in [2.45, 2.75) is 25.0 Å². The molecule has 2 nitrogen and oxygen atoms in total. The third-order valence-corrected chi connectivity index (χ3v) is 4.09. The molecule has 0 spiro atoms. The van der Waals surface area contributed by atoms with Gasteiger partial charge in [-0.2, -0.15) is 0 Å². The van der Waals surface area contributed by atoms with Gasteiger partial charge in [0, 0.05) is 24.7 Å². The number of rotatable bonds is 3. The Balaban J connectivity index is 1.61. The van der Waals surface area contributed by atoms with E-state index in [0.29, 0.717) is 30.6 Å². The summed E-state index contributed by atoms with van der Waals surface area (Å²) < 4.78 is 12.9. The average molecular weight is 256 g/mol. The summed E-state index contributed by atoms with van der Waals surface area (Å²) >= 11 is 5.97. The average Bonchev–Trinajstić information content (AvgIpc) is 3.02. The number of halogens is 2. The zero-order chi connectivity index (χ0) is 12.0. The highest BCUT2D eigenvalue weighted by Crippen LogP contribution is 2.44. The van der Waals surface area contributed by atoms with E-state index in [-0.39, 0.29) is 5.82 Å². The molecule has 2 fully saturated rings. The van der Waals surface area contributed by atoms with Crippen LogP contribution in [0.4, 0.5) is 4.39 Å². The van der Waals surface area contributed by atoms with Crippen LogP contribution in [-0.2, 0) is 6.54 Å². The zero-order valence-corrected chi connectivity index (χ0v) is 10.3. The van der Waals surface area contributed by atoms with Gasteiger partial charge in [0.05, 0.1) is 5.60 Å². The summed E-state index contributed by atoms with van der Waals surface area (Å²) in [4.78, 5) is 2.15. The third kappa shape index (κ3) is 2.19. The highest BCUT2D eigenvalue weighted by Gasteiger charge is 2.51. The first-order valence-corrected chi connectivity index (χ1v) is 6.33. The third-order valence-electron chi connectivity index (χ3n) is 3.74. The van der Waals surface area contributed by atoms with Crippen LogP contribution in [0.1, 0.15) is 18.4 Å². The summed E-state index contributed by atoms with van der Waals surface area (Å²) in [6.07, 6.45) is 2.31. The molecular weight excluding hydrogens is 241 g/mol. The lowest BCUT2D eigenvalue weighted by Gasteiger charge is -2.47. The van der Waals surface area contributed by atoms with E-state index >= 15 is 0 Å². The van der Waals surface area contributed by atoms with E-state index in [4.69, 9.17) is 11.6 Å². The molecule has 2 aliphatic rings. The first-order valence-electron chi connectivity index (χ1n) is 5.95. The highest BCUT2D eigenvalue weighted by molar-refractivity contribution is 6.31. The van der Waals surface area contributed by atoms with Crippen LogP contribution in [0.15, 0.2) is 18.2 Å². The summed E-state index contributed by atoms with van der Waals surface area (Å²) in [5.74, 6) is 0.194. The van der Waals surface area contributed by atoms with Gasteiger partial charge in [-0.25, -0.2) is 4.39 Å². The van der Waals surface area contributed by atoms with E-state index in [2.05, 4.69) is 4.90 Å². The van der Waals surface area contributed by atoms with Gasteiger partial charge in [-0.05, 0) is 36.5 Å². The van der Waals surface area contributed by atoms with Crippen molar-refractivity contribution in [1.29, 1.82) is 0 Å². The Kier molecular flexibility index (Phi) is 2.65. The molecule has 0 aromatic heterocycles. The van der Waals surface area contributed by atoms with Crippen molar-refractivity contribution in [2.24, 2.45) is 5.92 Å². The van der Waals surface area contributed by atoms with Crippen molar-refractivity contribution in [3.8, 4) is 0 Å². The smallest absolute Gasteiger partial charge is 0.124 e. The quantitative estimate of drug-likeness (QED) is 0.897. The van der Waals surface area contributed by atoms with Crippen molar-refractivity contribution in [3.05, 3.63) is 34.6 Å². The largest absolute Gasteiger partial charge is 0.387 e. The van der Waals surface area contributed by atoms with E-state index in [1.165, 1.54) is 12.1 Å². The monoisotopic (exact) mass is 255 g/mol. The van der Waals surface area contributed by atoms with Gasteiger partial charge >= 0.3 is 0 Å². The Morgan fingerprint density at radius 3 is 2.71 bits per heavy atom. The molecule has 0 atom stereocenters. The number of hydrogen-bond donors (Lipinski definition) is 1. The minimum absolute atomic E-state index is 0.308. The second kappa shape index (κ2) is 3.94. The summed E-state index contributed by atoms with van der Waals surface area (Å²) in [6.45, 7) is 2.12. The molecule has 3 rings (SSSR count). The normalized spacial score (nSPS) is 23.5. The van der Waals surface area contributed by atoms with Crippen LogP contribution >= 0.6 is 11.6 Å². The molecule has 17 heavy (non-hydrogen) atoms. The second-order valence-corrected chi connectivity index (χ2v) is 5.67. The number of likely N-dealkylation sites (tertiary alicyclic amines) is 1. The SMILES string of the molecule is OC1(C2CC2)CN(Cc2ccc(F)cc2Cl)C1. The van der Waals surface area contributed by atoms with Gasteiger partial charge in [-0.3, -0.25) is 4.90 Å². The topological polar surface area (TPSA) is 23.5 Å². The van der Waals surface area contributed by atoms with E-state index in [0.717, 1.165) is 18.4 Å². The van der Waals surface area contributed by atoms with Crippen molar-refractivity contribution < 1.29 is 9.50 Å². The van der Waals surface area contributed by atoms with Crippen molar-refractivity contribution in [1.82, 2.24) is 4.90 Å².